The second-order valence-electron chi connectivity index (χ2n) is 3.24. The molecule has 4 heteroatoms. The summed E-state index contributed by atoms with van der Waals surface area (Å²) in [5.41, 5.74) is 0. The van der Waals surface area contributed by atoms with Crippen LogP contribution in [0.2, 0.25) is 0 Å². The molecule has 0 amide bonds. The van der Waals surface area contributed by atoms with Crippen LogP contribution in [-0.2, 0) is 9.47 Å². The third kappa shape index (κ3) is 6.84. The van der Waals surface area contributed by atoms with Crippen LogP contribution in [0.25, 0.3) is 0 Å². The van der Waals surface area contributed by atoms with E-state index in [1.54, 1.807) is 7.11 Å². The van der Waals surface area contributed by atoms with Crippen molar-refractivity contribution in [3.05, 3.63) is 0 Å². The molecule has 0 fully saturated rings. The maximum atomic E-state index is 8.63. The lowest BCUT2D eigenvalue weighted by Crippen LogP contribution is -2.31. The van der Waals surface area contributed by atoms with E-state index in [4.69, 9.17) is 14.7 Å². The van der Waals surface area contributed by atoms with Crippen molar-refractivity contribution in [2.24, 2.45) is 0 Å². The number of nitrogens with zero attached hydrogens (tertiary/aromatic N) is 2. The van der Waals surface area contributed by atoms with E-state index in [0.717, 1.165) is 26.2 Å². The van der Waals surface area contributed by atoms with Gasteiger partial charge in [0.05, 0.1) is 18.7 Å². The Bertz CT molecular complexity index is 168. The summed E-state index contributed by atoms with van der Waals surface area (Å²) in [6.07, 6.45) is 0.925. The highest BCUT2D eigenvalue weighted by Crippen LogP contribution is 1.93. The Labute approximate surface area is 86.4 Å². The highest BCUT2D eigenvalue weighted by Gasteiger charge is 2.05. The van der Waals surface area contributed by atoms with E-state index in [1.165, 1.54) is 0 Å². The zero-order valence-corrected chi connectivity index (χ0v) is 9.32. The van der Waals surface area contributed by atoms with Gasteiger partial charge in [0.25, 0.3) is 0 Å². The monoisotopic (exact) mass is 200 g/mol. The summed E-state index contributed by atoms with van der Waals surface area (Å²) < 4.78 is 10.3. The fourth-order valence-corrected chi connectivity index (χ4v) is 0.908. The third-order valence-corrected chi connectivity index (χ3v) is 2.07. The number of ether oxygens (including phenoxy) is 2. The summed E-state index contributed by atoms with van der Waals surface area (Å²) >= 11 is 0. The molecule has 0 aliphatic rings. The Hall–Kier alpha value is -0.630. The molecule has 0 bridgehead atoms. The lowest BCUT2D eigenvalue weighted by molar-refractivity contribution is 0.0860. The van der Waals surface area contributed by atoms with Gasteiger partial charge in [-0.05, 0) is 20.4 Å². The van der Waals surface area contributed by atoms with E-state index < -0.39 is 0 Å². The number of likely N-dealkylation sites (N-methyl/N-ethyl adjacent to an activating group) is 1. The van der Waals surface area contributed by atoms with Crippen molar-refractivity contribution in [1.29, 1.82) is 5.26 Å². The number of hydrogen-bond acceptors (Lipinski definition) is 4. The predicted octanol–water partition coefficient (Wildman–Crippen LogP) is 0.883. The molecule has 82 valence electrons. The summed E-state index contributed by atoms with van der Waals surface area (Å²) in [6.45, 7) is 4.81. The maximum Gasteiger partial charge on any atom is 0.0947 e. The van der Waals surface area contributed by atoms with Crippen LogP contribution in [0.15, 0.2) is 0 Å². The van der Waals surface area contributed by atoms with E-state index in [0.29, 0.717) is 6.61 Å². The first-order chi connectivity index (χ1) is 6.72. The number of nitriles is 1. The molecule has 4 nitrogen and oxygen atoms in total. The van der Waals surface area contributed by atoms with Crippen LogP contribution in [0.1, 0.15) is 13.3 Å². The van der Waals surface area contributed by atoms with Gasteiger partial charge in [0.1, 0.15) is 0 Å². The minimum absolute atomic E-state index is 0.0439. The van der Waals surface area contributed by atoms with Crippen molar-refractivity contribution < 1.29 is 9.47 Å². The van der Waals surface area contributed by atoms with E-state index >= 15 is 0 Å². The zero-order valence-electron chi connectivity index (χ0n) is 9.32. The number of hydrogen-bond donors (Lipinski definition) is 0. The maximum absolute atomic E-state index is 8.63. The SMILES string of the molecule is COCCCOCCN(C)C(C)C#N. The van der Waals surface area contributed by atoms with Crippen LogP contribution >= 0.6 is 0 Å². The molecule has 0 N–H and O–H groups in total. The fraction of sp³-hybridized carbons (Fsp3) is 0.900. The molecule has 0 rings (SSSR count). The van der Waals surface area contributed by atoms with Crippen LogP contribution in [0.5, 0.6) is 0 Å². The molecule has 0 heterocycles. The van der Waals surface area contributed by atoms with E-state index in [9.17, 15) is 0 Å². The van der Waals surface area contributed by atoms with Gasteiger partial charge in [0.15, 0.2) is 0 Å². The zero-order chi connectivity index (χ0) is 10.8. The first kappa shape index (κ1) is 13.4. The number of methoxy groups -OCH3 is 1. The van der Waals surface area contributed by atoms with E-state index in [2.05, 4.69) is 6.07 Å². The van der Waals surface area contributed by atoms with Gasteiger partial charge in [-0.2, -0.15) is 5.26 Å². The summed E-state index contributed by atoms with van der Waals surface area (Å²) in [7, 11) is 3.61. The average molecular weight is 200 g/mol. The van der Waals surface area contributed by atoms with Crippen molar-refractivity contribution in [2.75, 3.05) is 40.5 Å². The first-order valence-electron chi connectivity index (χ1n) is 4.89. The molecule has 0 radical (unpaired) electrons. The summed E-state index contributed by atoms with van der Waals surface area (Å²) in [6, 6.07) is 2.13. The molecule has 0 aromatic heterocycles. The largest absolute Gasteiger partial charge is 0.385 e. The molecule has 1 unspecified atom stereocenters. The molecular formula is C10H20N2O2. The van der Waals surface area contributed by atoms with Crippen molar-refractivity contribution in [3.8, 4) is 6.07 Å². The Kier molecular flexibility index (Phi) is 8.54. The molecule has 0 saturated heterocycles. The lowest BCUT2D eigenvalue weighted by atomic mass is 10.3. The van der Waals surface area contributed by atoms with Crippen LogP contribution in [0.4, 0.5) is 0 Å². The molecule has 0 saturated carbocycles. The highest BCUT2D eigenvalue weighted by atomic mass is 16.5. The molecule has 14 heavy (non-hydrogen) atoms. The predicted molar refractivity (Wildman–Crippen MR) is 55.0 cm³/mol. The Morgan fingerprint density at radius 1 is 1.36 bits per heavy atom. The molecule has 0 spiro atoms. The highest BCUT2D eigenvalue weighted by molar-refractivity contribution is 4.86. The minimum Gasteiger partial charge on any atom is -0.385 e. The fourth-order valence-electron chi connectivity index (χ4n) is 0.908. The quantitative estimate of drug-likeness (QED) is 0.546. The van der Waals surface area contributed by atoms with Crippen molar-refractivity contribution >= 4 is 0 Å². The average Bonchev–Trinajstić information content (AvgIpc) is 2.21. The molecule has 1 atom stereocenters. The molecule has 0 aliphatic heterocycles. The van der Waals surface area contributed by atoms with Gasteiger partial charge in [0.2, 0.25) is 0 Å². The van der Waals surface area contributed by atoms with Crippen molar-refractivity contribution in [2.45, 2.75) is 19.4 Å². The third-order valence-electron chi connectivity index (χ3n) is 2.07. The lowest BCUT2D eigenvalue weighted by Gasteiger charge is -2.18. The number of rotatable bonds is 8. The van der Waals surface area contributed by atoms with Gasteiger partial charge < -0.3 is 9.47 Å². The van der Waals surface area contributed by atoms with E-state index in [-0.39, 0.29) is 6.04 Å². The molecule has 0 aromatic carbocycles. The standard InChI is InChI=1S/C10H20N2O2/c1-10(9-11)12(2)5-8-14-7-4-6-13-3/h10H,4-8H2,1-3H3. The van der Waals surface area contributed by atoms with Crippen LogP contribution in [-0.4, -0.2) is 51.5 Å². The van der Waals surface area contributed by atoms with Crippen LogP contribution in [0, 0.1) is 11.3 Å². The minimum atomic E-state index is -0.0439. The van der Waals surface area contributed by atoms with Gasteiger partial charge in [-0.1, -0.05) is 0 Å². The smallest absolute Gasteiger partial charge is 0.0947 e. The Morgan fingerprint density at radius 3 is 2.64 bits per heavy atom. The normalized spacial score (nSPS) is 12.8. The first-order valence-corrected chi connectivity index (χ1v) is 4.89. The summed E-state index contributed by atoms with van der Waals surface area (Å²) in [5, 5.41) is 8.63. The summed E-state index contributed by atoms with van der Waals surface area (Å²) in [5.74, 6) is 0. The topological polar surface area (TPSA) is 45.5 Å². The molecular weight excluding hydrogens is 180 g/mol. The van der Waals surface area contributed by atoms with Crippen molar-refractivity contribution in [1.82, 2.24) is 4.90 Å². The Morgan fingerprint density at radius 2 is 2.07 bits per heavy atom. The van der Waals surface area contributed by atoms with Gasteiger partial charge in [-0.15, -0.1) is 0 Å². The van der Waals surface area contributed by atoms with E-state index in [1.807, 2.05) is 18.9 Å². The second kappa shape index (κ2) is 8.95. The summed E-state index contributed by atoms with van der Waals surface area (Å²) in [4.78, 5) is 1.97. The van der Waals surface area contributed by atoms with Gasteiger partial charge >= 0.3 is 0 Å². The van der Waals surface area contributed by atoms with Crippen LogP contribution in [0.3, 0.4) is 0 Å². The van der Waals surface area contributed by atoms with Gasteiger partial charge in [-0.3, -0.25) is 4.90 Å². The second-order valence-corrected chi connectivity index (χ2v) is 3.24. The van der Waals surface area contributed by atoms with Crippen LogP contribution < -0.4 is 0 Å². The molecule has 0 aliphatic carbocycles. The van der Waals surface area contributed by atoms with Gasteiger partial charge in [0, 0.05) is 26.9 Å². The van der Waals surface area contributed by atoms with Crippen molar-refractivity contribution in [3.63, 3.8) is 0 Å². The Balaban J connectivity index is 3.24. The van der Waals surface area contributed by atoms with Gasteiger partial charge in [-0.25, -0.2) is 0 Å². The molecule has 0 aromatic rings.